The van der Waals surface area contributed by atoms with E-state index in [9.17, 15) is 0 Å². The third-order valence-electron chi connectivity index (χ3n) is 7.60. The summed E-state index contributed by atoms with van der Waals surface area (Å²) in [6.45, 7) is 7.29. The Labute approximate surface area is 203 Å². The minimum Gasteiger partial charge on any atom is -0.489 e. The molecule has 3 aromatic carbocycles. The normalized spacial score (nSPS) is 17.3. The fourth-order valence-corrected chi connectivity index (χ4v) is 5.37. The standard InChI is InChI=1S/C30H36N2O2/c1-2-25-7-3-4-9-29(25)34-21-24-17-27(26-8-5-6-23(16-26)20-31)19-28(18-24)32-13-10-30(11-14-32)12-15-33-22-30/h3-9,16-19H,2,10-15,20-22,31H2,1H3. The molecule has 2 aliphatic heterocycles. The maximum atomic E-state index is 6.31. The lowest BCUT2D eigenvalue weighted by molar-refractivity contribution is 0.134. The van der Waals surface area contributed by atoms with Crippen LogP contribution in [0.25, 0.3) is 11.1 Å². The van der Waals surface area contributed by atoms with Gasteiger partial charge >= 0.3 is 0 Å². The van der Waals surface area contributed by atoms with Crippen molar-refractivity contribution in [2.75, 3.05) is 31.2 Å². The van der Waals surface area contributed by atoms with E-state index in [0.29, 0.717) is 18.6 Å². The van der Waals surface area contributed by atoms with Crippen LogP contribution in [-0.2, 0) is 24.3 Å². The van der Waals surface area contributed by atoms with Gasteiger partial charge in [0.05, 0.1) is 6.61 Å². The molecule has 4 heteroatoms. The van der Waals surface area contributed by atoms with Gasteiger partial charge in [0, 0.05) is 31.9 Å². The predicted octanol–water partition coefficient (Wildman–Crippen LogP) is 5.96. The molecule has 34 heavy (non-hydrogen) atoms. The molecule has 4 nitrogen and oxygen atoms in total. The second kappa shape index (κ2) is 10.2. The number of ether oxygens (including phenoxy) is 2. The Balaban J connectivity index is 1.43. The van der Waals surface area contributed by atoms with E-state index in [4.69, 9.17) is 15.2 Å². The maximum absolute atomic E-state index is 6.31. The highest BCUT2D eigenvalue weighted by molar-refractivity contribution is 5.70. The van der Waals surface area contributed by atoms with Gasteiger partial charge in [-0.3, -0.25) is 0 Å². The molecule has 3 aromatic rings. The lowest BCUT2D eigenvalue weighted by Crippen LogP contribution is -2.40. The third-order valence-corrected chi connectivity index (χ3v) is 7.60. The molecule has 2 fully saturated rings. The number of rotatable bonds is 7. The molecule has 5 rings (SSSR count). The highest BCUT2D eigenvalue weighted by Gasteiger charge is 2.38. The number of hydrogen-bond acceptors (Lipinski definition) is 4. The van der Waals surface area contributed by atoms with Crippen LogP contribution in [0.3, 0.4) is 0 Å². The summed E-state index contributed by atoms with van der Waals surface area (Å²) in [4.78, 5) is 2.54. The molecule has 0 aromatic heterocycles. The first-order chi connectivity index (χ1) is 16.7. The molecule has 0 amide bonds. The van der Waals surface area contributed by atoms with Gasteiger partial charge in [0.25, 0.3) is 0 Å². The van der Waals surface area contributed by atoms with Gasteiger partial charge in [0.2, 0.25) is 0 Å². The summed E-state index contributed by atoms with van der Waals surface area (Å²) in [5, 5.41) is 0. The molecule has 178 valence electrons. The van der Waals surface area contributed by atoms with Crippen molar-refractivity contribution in [3.8, 4) is 16.9 Å². The SMILES string of the molecule is CCc1ccccc1OCc1cc(-c2cccc(CN)c2)cc(N2CCC3(CCOC3)CC2)c1. The van der Waals surface area contributed by atoms with Crippen molar-refractivity contribution in [1.29, 1.82) is 0 Å². The Hall–Kier alpha value is -2.82. The molecule has 2 aliphatic rings. The monoisotopic (exact) mass is 456 g/mol. The number of nitrogens with zero attached hydrogens (tertiary/aromatic N) is 1. The molecule has 2 saturated heterocycles. The van der Waals surface area contributed by atoms with E-state index >= 15 is 0 Å². The van der Waals surface area contributed by atoms with Crippen molar-refractivity contribution in [2.45, 2.75) is 45.8 Å². The van der Waals surface area contributed by atoms with E-state index in [0.717, 1.165) is 44.0 Å². The molecular weight excluding hydrogens is 420 g/mol. The summed E-state index contributed by atoms with van der Waals surface area (Å²) in [5.74, 6) is 0.975. The summed E-state index contributed by atoms with van der Waals surface area (Å²) in [7, 11) is 0. The highest BCUT2D eigenvalue weighted by atomic mass is 16.5. The number of piperidine rings is 1. The van der Waals surface area contributed by atoms with Crippen LogP contribution >= 0.6 is 0 Å². The summed E-state index contributed by atoms with van der Waals surface area (Å²) in [6.07, 6.45) is 4.58. The van der Waals surface area contributed by atoms with E-state index in [1.54, 1.807) is 0 Å². The zero-order chi connectivity index (χ0) is 23.4. The lowest BCUT2D eigenvalue weighted by Gasteiger charge is -2.39. The van der Waals surface area contributed by atoms with Gasteiger partial charge < -0.3 is 20.1 Å². The number of aryl methyl sites for hydroxylation is 1. The van der Waals surface area contributed by atoms with Crippen molar-refractivity contribution in [3.63, 3.8) is 0 Å². The van der Waals surface area contributed by atoms with E-state index in [-0.39, 0.29) is 0 Å². The lowest BCUT2D eigenvalue weighted by atomic mass is 9.78. The second-order valence-corrected chi connectivity index (χ2v) is 9.83. The summed E-state index contributed by atoms with van der Waals surface area (Å²) in [6, 6.07) is 23.8. The minimum atomic E-state index is 0.402. The summed E-state index contributed by atoms with van der Waals surface area (Å²) >= 11 is 0. The van der Waals surface area contributed by atoms with Gasteiger partial charge in [0.1, 0.15) is 12.4 Å². The first-order valence-corrected chi connectivity index (χ1v) is 12.6. The van der Waals surface area contributed by atoms with Crippen molar-refractivity contribution in [3.05, 3.63) is 83.4 Å². The van der Waals surface area contributed by atoms with E-state index in [1.807, 2.05) is 6.07 Å². The summed E-state index contributed by atoms with van der Waals surface area (Å²) in [5.41, 5.74) is 13.6. The van der Waals surface area contributed by atoms with E-state index in [1.165, 1.54) is 47.2 Å². The molecule has 1 spiro atoms. The van der Waals surface area contributed by atoms with Gasteiger partial charge in [-0.05, 0) is 89.2 Å². The molecule has 0 bridgehead atoms. The van der Waals surface area contributed by atoms with Gasteiger partial charge in [0.15, 0.2) is 0 Å². The van der Waals surface area contributed by atoms with Crippen LogP contribution in [0.1, 0.15) is 42.9 Å². The Bertz CT molecular complexity index is 1110. The van der Waals surface area contributed by atoms with Crippen LogP contribution in [-0.4, -0.2) is 26.3 Å². The number of hydrogen-bond donors (Lipinski definition) is 1. The highest BCUT2D eigenvalue weighted by Crippen LogP contribution is 2.41. The quantitative estimate of drug-likeness (QED) is 0.476. The first-order valence-electron chi connectivity index (χ1n) is 12.6. The van der Waals surface area contributed by atoms with Crippen molar-refractivity contribution in [1.82, 2.24) is 0 Å². The van der Waals surface area contributed by atoms with Crippen LogP contribution < -0.4 is 15.4 Å². The van der Waals surface area contributed by atoms with Crippen LogP contribution in [0, 0.1) is 5.41 Å². The average molecular weight is 457 g/mol. The maximum Gasteiger partial charge on any atom is 0.122 e. The smallest absolute Gasteiger partial charge is 0.122 e. The fraction of sp³-hybridized carbons (Fsp3) is 0.400. The topological polar surface area (TPSA) is 47.7 Å². The van der Waals surface area contributed by atoms with Crippen LogP contribution in [0.15, 0.2) is 66.7 Å². The number of benzene rings is 3. The minimum absolute atomic E-state index is 0.402. The fourth-order valence-electron chi connectivity index (χ4n) is 5.37. The van der Waals surface area contributed by atoms with Gasteiger partial charge in [-0.2, -0.15) is 0 Å². The average Bonchev–Trinajstić information content (AvgIpc) is 3.35. The van der Waals surface area contributed by atoms with Gasteiger partial charge in [-0.1, -0.05) is 43.3 Å². The zero-order valence-corrected chi connectivity index (χ0v) is 20.3. The molecule has 0 saturated carbocycles. The van der Waals surface area contributed by atoms with Crippen molar-refractivity contribution < 1.29 is 9.47 Å². The van der Waals surface area contributed by atoms with Crippen molar-refractivity contribution >= 4 is 5.69 Å². The molecule has 0 atom stereocenters. The van der Waals surface area contributed by atoms with Gasteiger partial charge in [-0.15, -0.1) is 0 Å². The molecule has 2 N–H and O–H groups in total. The Morgan fingerprint density at radius 1 is 0.912 bits per heavy atom. The Morgan fingerprint density at radius 2 is 1.74 bits per heavy atom. The van der Waals surface area contributed by atoms with E-state index in [2.05, 4.69) is 72.5 Å². The molecule has 0 radical (unpaired) electrons. The number of anilines is 1. The Kier molecular flexibility index (Phi) is 6.89. The summed E-state index contributed by atoms with van der Waals surface area (Å²) < 4.78 is 12.1. The van der Waals surface area contributed by atoms with Crippen LogP contribution in [0.5, 0.6) is 5.75 Å². The van der Waals surface area contributed by atoms with Crippen molar-refractivity contribution in [2.24, 2.45) is 11.1 Å². The predicted molar refractivity (Wildman–Crippen MR) is 139 cm³/mol. The van der Waals surface area contributed by atoms with Crippen LogP contribution in [0.2, 0.25) is 0 Å². The van der Waals surface area contributed by atoms with Gasteiger partial charge in [-0.25, -0.2) is 0 Å². The second-order valence-electron chi connectivity index (χ2n) is 9.83. The molecule has 2 heterocycles. The molecular formula is C30H36N2O2. The van der Waals surface area contributed by atoms with E-state index < -0.39 is 0 Å². The Morgan fingerprint density at radius 3 is 2.50 bits per heavy atom. The van der Waals surface area contributed by atoms with Crippen LogP contribution in [0.4, 0.5) is 5.69 Å². The molecule has 0 aliphatic carbocycles. The third kappa shape index (κ3) is 4.98. The number of nitrogens with two attached hydrogens (primary N) is 1. The number of para-hydroxylation sites is 1. The largest absolute Gasteiger partial charge is 0.489 e. The molecule has 0 unspecified atom stereocenters. The zero-order valence-electron chi connectivity index (χ0n) is 20.3. The first kappa shape index (κ1) is 22.9.